The van der Waals surface area contributed by atoms with Crippen LogP contribution in [0, 0.1) is 0 Å². The number of anilines is 1. The van der Waals surface area contributed by atoms with Crippen LogP contribution in [0.5, 0.6) is 5.75 Å². The molecule has 0 aliphatic carbocycles. The summed E-state index contributed by atoms with van der Waals surface area (Å²) >= 11 is 0. The van der Waals surface area contributed by atoms with Crippen molar-refractivity contribution in [3.63, 3.8) is 0 Å². The van der Waals surface area contributed by atoms with Crippen molar-refractivity contribution in [1.29, 1.82) is 0 Å². The fourth-order valence-electron chi connectivity index (χ4n) is 3.28. The van der Waals surface area contributed by atoms with Crippen LogP contribution >= 0.6 is 0 Å². The minimum absolute atomic E-state index is 0.245. The average Bonchev–Trinajstić information content (AvgIpc) is 2.98. The summed E-state index contributed by atoms with van der Waals surface area (Å²) in [5.74, 6) is -0.644. The molecular formula is C22H24N4O5. The van der Waals surface area contributed by atoms with Crippen molar-refractivity contribution in [2.45, 2.75) is 19.4 Å². The average molecular weight is 424 g/mol. The second kappa shape index (κ2) is 8.86. The van der Waals surface area contributed by atoms with Gasteiger partial charge in [0.05, 0.1) is 6.61 Å². The van der Waals surface area contributed by atoms with E-state index in [1.54, 1.807) is 55.5 Å². The first-order valence-corrected chi connectivity index (χ1v) is 9.78. The zero-order chi connectivity index (χ0) is 22.6. The molecule has 5 amide bonds. The number of carbonyl (C=O) groups excluding carboxylic acids is 4. The number of nitrogens with zero attached hydrogens (tertiary/aromatic N) is 1. The second-order valence-corrected chi connectivity index (χ2v) is 7.11. The predicted octanol–water partition coefficient (Wildman–Crippen LogP) is 1.85. The molecular weight excluding hydrogens is 400 g/mol. The highest BCUT2D eigenvalue weighted by Crippen LogP contribution is 2.30. The van der Waals surface area contributed by atoms with E-state index < -0.39 is 29.9 Å². The lowest BCUT2D eigenvalue weighted by atomic mass is 9.92. The number of hydrogen-bond donors (Lipinski definition) is 3. The third kappa shape index (κ3) is 4.50. The first-order chi connectivity index (χ1) is 14.8. The summed E-state index contributed by atoms with van der Waals surface area (Å²) in [5, 5.41) is 7.80. The second-order valence-electron chi connectivity index (χ2n) is 7.11. The Balaban J connectivity index is 1.67. The smallest absolute Gasteiger partial charge is 0.325 e. The van der Waals surface area contributed by atoms with Crippen molar-refractivity contribution in [2.24, 2.45) is 0 Å². The Labute approximate surface area is 179 Å². The first kappa shape index (κ1) is 21.8. The minimum Gasteiger partial charge on any atom is -0.494 e. The lowest BCUT2D eigenvalue weighted by Gasteiger charge is -2.22. The van der Waals surface area contributed by atoms with Gasteiger partial charge in [-0.3, -0.25) is 19.3 Å². The number of hydrogen-bond acceptors (Lipinski definition) is 5. The van der Waals surface area contributed by atoms with Crippen LogP contribution in [0.1, 0.15) is 29.8 Å². The van der Waals surface area contributed by atoms with Gasteiger partial charge in [-0.2, -0.15) is 0 Å². The van der Waals surface area contributed by atoms with E-state index in [2.05, 4.69) is 16.0 Å². The van der Waals surface area contributed by atoms with Crippen LogP contribution in [0.2, 0.25) is 0 Å². The van der Waals surface area contributed by atoms with E-state index in [0.29, 0.717) is 29.2 Å². The van der Waals surface area contributed by atoms with Gasteiger partial charge in [-0.1, -0.05) is 12.1 Å². The fraction of sp³-hybridized carbons (Fsp3) is 0.273. The van der Waals surface area contributed by atoms with Crippen LogP contribution in [-0.4, -0.2) is 48.9 Å². The molecule has 1 fully saturated rings. The molecule has 2 aromatic carbocycles. The van der Waals surface area contributed by atoms with E-state index >= 15 is 0 Å². The zero-order valence-electron chi connectivity index (χ0n) is 17.5. The lowest BCUT2D eigenvalue weighted by Crippen LogP contribution is -2.42. The highest BCUT2D eigenvalue weighted by molar-refractivity contribution is 6.10. The lowest BCUT2D eigenvalue weighted by molar-refractivity contribution is -0.133. The molecule has 0 unspecified atom stereocenters. The van der Waals surface area contributed by atoms with E-state index in [9.17, 15) is 19.2 Å². The molecule has 2 aromatic rings. The minimum atomic E-state index is -1.28. The van der Waals surface area contributed by atoms with Crippen LogP contribution < -0.4 is 20.7 Å². The molecule has 0 bridgehead atoms. The number of amides is 5. The van der Waals surface area contributed by atoms with Gasteiger partial charge in [0.25, 0.3) is 11.8 Å². The Kier molecular flexibility index (Phi) is 6.24. The highest BCUT2D eigenvalue weighted by Gasteiger charge is 2.49. The van der Waals surface area contributed by atoms with Gasteiger partial charge >= 0.3 is 6.03 Å². The van der Waals surface area contributed by atoms with E-state index in [-0.39, 0.29) is 5.91 Å². The Bertz CT molecular complexity index is 1000. The molecule has 1 saturated heterocycles. The topological polar surface area (TPSA) is 117 Å². The SMILES string of the molecule is CCOc1ccc([C@@]2(C)NC(=O)N(CC(=O)Nc3ccc(C(=O)NC)cc3)C2=O)cc1. The van der Waals surface area contributed by atoms with Gasteiger partial charge < -0.3 is 20.7 Å². The Morgan fingerprint density at radius 1 is 1.06 bits per heavy atom. The maximum atomic E-state index is 13.0. The molecule has 1 atom stereocenters. The largest absolute Gasteiger partial charge is 0.494 e. The molecule has 0 spiro atoms. The molecule has 31 heavy (non-hydrogen) atoms. The van der Waals surface area contributed by atoms with E-state index in [0.717, 1.165) is 4.90 Å². The van der Waals surface area contributed by atoms with Crippen LogP contribution in [0.3, 0.4) is 0 Å². The number of imide groups is 1. The molecule has 3 N–H and O–H groups in total. The monoisotopic (exact) mass is 424 g/mol. The van der Waals surface area contributed by atoms with Crippen LogP contribution in [0.15, 0.2) is 48.5 Å². The molecule has 0 aromatic heterocycles. The maximum Gasteiger partial charge on any atom is 0.325 e. The van der Waals surface area contributed by atoms with Crippen molar-refractivity contribution < 1.29 is 23.9 Å². The van der Waals surface area contributed by atoms with Gasteiger partial charge in [-0.15, -0.1) is 0 Å². The van der Waals surface area contributed by atoms with Crippen molar-refractivity contribution in [3.8, 4) is 5.75 Å². The summed E-state index contributed by atoms with van der Waals surface area (Å²) in [4.78, 5) is 50.3. The summed E-state index contributed by atoms with van der Waals surface area (Å²) < 4.78 is 5.40. The van der Waals surface area contributed by atoms with Gasteiger partial charge in [0.2, 0.25) is 5.91 Å². The molecule has 0 saturated carbocycles. The van der Waals surface area contributed by atoms with Crippen LogP contribution in [0.4, 0.5) is 10.5 Å². The van der Waals surface area contributed by atoms with Gasteiger partial charge in [0.15, 0.2) is 0 Å². The third-order valence-corrected chi connectivity index (χ3v) is 4.98. The first-order valence-electron chi connectivity index (χ1n) is 9.78. The Morgan fingerprint density at radius 3 is 2.29 bits per heavy atom. The van der Waals surface area contributed by atoms with Crippen LogP contribution in [0.25, 0.3) is 0 Å². The third-order valence-electron chi connectivity index (χ3n) is 4.98. The number of carbonyl (C=O) groups is 4. The Hall–Kier alpha value is -3.88. The van der Waals surface area contributed by atoms with Crippen molar-refractivity contribution in [2.75, 3.05) is 25.5 Å². The number of ether oxygens (including phenoxy) is 1. The van der Waals surface area contributed by atoms with Crippen LogP contribution in [-0.2, 0) is 15.1 Å². The molecule has 1 aliphatic heterocycles. The van der Waals surface area contributed by atoms with Gasteiger partial charge in [0, 0.05) is 18.3 Å². The standard InChI is InChI=1S/C22H24N4O5/c1-4-31-17-11-7-15(8-12-17)22(2)20(29)26(21(30)25-22)13-18(27)24-16-9-5-14(6-10-16)19(28)23-3/h5-12H,4,13H2,1-3H3,(H,23,28)(H,24,27)(H,25,30)/t22-/m1/s1. The summed E-state index contributed by atoms with van der Waals surface area (Å²) in [6.07, 6.45) is 0. The molecule has 1 heterocycles. The van der Waals surface area contributed by atoms with E-state index in [1.807, 2.05) is 6.92 Å². The molecule has 162 valence electrons. The Morgan fingerprint density at radius 2 is 1.71 bits per heavy atom. The van der Waals surface area contributed by atoms with E-state index in [4.69, 9.17) is 4.74 Å². The number of nitrogens with one attached hydrogen (secondary N) is 3. The summed E-state index contributed by atoms with van der Waals surface area (Å²) in [6.45, 7) is 3.55. The van der Waals surface area contributed by atoms with Crippen molar-refractivity contribution >= 4 is 29.4 Å². The summed E-state index contributed by atoms with van der Waals surface area (Å²) in [7, 11) is 1.53. The molecule has 9 heteroatoms. The number of rotatable bonds is 7. The van der Waals surface area contributed by atoms with Gasteiger partial charge in [-0.05, 0) is 55.8 Å². The van der Waals surface area contributed by atoms with Crippen molar-refractivity contribution in [1.82, 2.24) is 15.5 Å². The summed E-state index contributed by atoms with van der Waals surface area (Å²) in [5.41, 5.74) is 0.193. The van der Waals surface area contributed by atoms with Crippen molar-refractivity contribution in [3.05, 3.63) is 59.7 Å². The zero-order valence-corrected chi connectivity index (χ0v) is 17.5. The fourth-order valence-corrected chi connectivity index (χ4v) is 3.28. The normalized spacial score (nSPS) is 17.8. The van der Waals surface area contributed by atoms with Gasteiger partial charge in [0.1, 0.15) is 17.8 Å². The number of urea groups is 1. The summed E-state index contributed by atoms with van der Waals surface area (Å²) in [6, 6.07) is 12.5. The molecule has 1 aliphatic rings. The van der Waals surface area contributed by atoms with Gasteiger partial charge in [-0.25, -0.2) is 4.79 Å². The number of benzene rings is 2. The predicted molar refractivity (Wildman–Crippen MR) is 114 cm³/mol. The maximum absolute atomic E-state index is 13.0. The molecule has 9 nitrogen and oxygen atoms in total. The highest BCUT2D eigenvalue weighted by atomic mass is 16.5. The quantitative estimate of drug-likeness (QED) is 0.587. The molecule has 0 radical (unpaired) electrons. The van der Waals surface area contributed by atoms with E-state index in [1.165, 1.54) is 7.05 Å². The molecule has 3 rings (SSSR count).